The third-order valence-corrected chi connectivity index (χ3v) is 3.42. The van der Waals surface area contributed by atoms with Crippen LogP contribution in [0.3, 0.4) is 0 Å². The van der Waals surface area contributed by atoms with Gasteiger partial charge in [-0.2, -0.15) is 0 Å². The zero-order chi connectivity index (χ0) is 13.5. The van der Waals surface area contributed by atoms with Crippen molar-refractivity contribution < 1.29 is 4.74 Å². The first-order valence-electron chi connectivity index (χ1n) is 6.25. The number of nitrogen functional groups attached to an aromatic ring is 1. The molecule has 1 aromatic heterocycles. The Kier molecular flexibility index (Phi) is 5.64. The standard InChI is InChI=1S/C11H20N6OS/c1-19-11-14-9(8-10(15-11)16-12)13-2-3-17-4-6-18-7-5-17/h8H,2-7,12H2,1H3,(H2,13,14,15,16). The number of anilines is 2. The van der Waals surface area contributed by atoms with Crippen LogP contribution < -0.4 is 16.6 Å². The number of nitrogens with zero attached hydrogens (tertiary/aromatic N) is 3. The Morgan fingerprint density at radius 3 is 2.79 bits per heavy atom. The fraction of sp³-hybridized carbons (Fsp3) is 0.636. The molecule has 2 rings (SSSR count). The minimum Gasteiger partial charge on any atom is -0.379 e. The average Bonchev–Trinajstić information content (AvgIpc) is 2.48. The minimum atomic E-state index is 0.619. The van der Waals surface area contributed by atoms with Crippen LogP contribution >= 0.6 is 11.8 Å². The molecule has 1 aliphatic heterocycles. The summed E-state index contributed by atoms with van der Waals surface area (Å²) in [7, 11) is 0. The van der Waals surface area contributed by atoms with Gasteiger partial charge in [0, 0.05) is 32.2 Å². The first kappa shape index (κ1) is 14.3. The van der Waals surface area contributed by atoms with Crippen LogP contribution in [-0.2, 0) is 4.74 Å². The first-order chi connectivity index (χ1) is 9.31. The molecule has 19 heavy (non-hydrogen) atoms. The summed E-state index contributed by atoms with van der Waals surface area (Å²) >= 11 is 1.49. The van der Waals surface area contributed by atoms with E-state index in [1.165, 1.54) is 11.8 Å². The maximum Gasteiger partial charge on any atom is 0.191 e. The van der Waals surface area contributed by atoms with Crippen LogP contribution in [0.15, 0.2) is 11.2 Å². The maximum absolute atomic E-state index is 5.39. The Balaban J connectivity index is 1.84. The van der Waals surface area contributed by atoms with Gasteiger partial charge in [0.15, 0.2) is 5.16 Å². The molecule has 0 atom stereocenters. The molecule has 4 N–H and O–H groups in total. The second kappa shape index (κ2) is 7.49. The summed E-state index contributed by atoms with van der Waals surface area (Å²) in [6.45, 7) is 5.47. The quantitative estimate of drug-likeness (QED) is 0.296. The fourth-order valence-corrected chi connectivity index (χ4v) is 2.23. The summed E-state index contributed by atoms with van der Waals surface area (Å²) in [6.07, 6.45) is 1.94. The summed E-state index contributed by atoms with van der Waals surface area (Å²) in [5, 5.41) is 4.00. The normalized spacial score (nSPS) is 16.3. The molecule has 0 aromatic carbocycles. The molecule has 0 spiro atoms. The van der Waals surface area contributed by atoms with E-state index in [9.17, 15) is 0 Å². The first-order valence-corrected chi connectivity index (χ1v) is 7.48. The number of hydrogen-bond donors (Lipinski definition) is 3. The Bertz CT molecular complexity index is 377. The Morgan fingerprint density at radius 2 is 2.11 bits per heavy atom. The molecule has 1 fully saturated rings. The number of rotatable bonds is 6. The van der Waals surface area contributed by atoms with Crippen LogP contribution in [0.25, 0.3) is 0 Å². The molecule has 1 aromatic rings. The van der Waals surface area contributed by atoms with Gasteiger partial charge in [-0.25, -0.2) is 15.8 Å². The van der Waals surface area contributed by atoms with E-state index in [2.05, 4.69) is 25.6 Å². The van der Waals surface area contributed by atoms with E-state index in [-0.39, 0.29) is 0 Å². The number of aromatic nitrogens is 2. The van der Waals surface area contributed by atoms with Crippen LogP contribution in [0.1, 0.15) is 0 Å². The average molecular weight is 284 g/mol. The topological polar surface area (TPSA) is 88.3 Å². The van der Waals surface area contributed by atoms with Crippen LogP contribution in [-0.4, -0.2) is 60.5 Å². The zero-order valence-corrected chi connectivity index (χ0v) is 11.9. The largest absolute Gasteiger partial charge is 0.379 e. The van der Waals surface area contributed by atoms with Crippen LogP contribution in [0.2, 0.25) is 0 Å². The summed E-state index contributed by atoms with van der Waals surface area (Å²) in [5.74, 6) is 6.80. The second-order valence-corrected chi connectivity index (χ2v) is 4.92. The molecule has 0 unspecified atom stereocenters. The lowest BCUT2D eigenvalue weighted by atomic mass is 10.4. The third-order valence-electron chi connectivity index (χ3n) is 2.87. The van der Waals surface area contributed by atoms with Gasteiger partial charge in [0.05, 0.1) is 13.2 Å². The van der Waals surface area contributed by atoms with Crippen molar-refractivity contribution in [1.29, 1.82) is 0 Å². The van der Waals surface area contributed by atoms with E-state index in [0.717, 1.165) is 45.2 Å². The molecule has 0 amide bonds. The molecule has 7 nitrogen and oxygen atoms in total. The maximum atomic E-state index is 5.39. The predicted molar refractivity (Wildman–Crippen MR) is 77.4 cm³/mol. The highest BCUT2D eigenvalue weighted by molar-refractivity contribution is 7.98. The van der Waals surface area contributed by atoms with E-state index < -0.39 is 0 Å². The predicted octanol–water partition coefficient (Wildman–Crippen LogP) is 0.228. The molecule has 0 saturated carbocycles. The molecule has 1 aliphatic rings. The van der Waals surface area contributed by atoms with E-state index in [1.54, 1.807) is 6.07 Å². The van der Waals surface area contributed by atoms with Crippen LogP contribution in [0.4, 0.5) is 11.6 Å². The minimum absolute atomic E-state index is 0.619. The van der Waals surface area contributed by atoms with Crippen LogP contribution in [0.5, 0.6) is 0 Å². The number of thioether (sulfide) groups is 1. The van der Waals surface area contributed by atoms with Crippen molar-refractivity contribution in [2.45, 2.75) is 5.16 Å². The van der Waals surface area contributed by atoms with Gasteiger partial charge in [0.2, 0.25) is 0 Å². The second-order valence-electron chi connectivity index (χ2n) is 4.15. The van der Waals surface area contributed by atoms with Crippen molar-refractivity contribution in [2.24, 2.45) is 5.84 Å². The lowest BCUT2D eigenvalue weighted by Gasteiger charge is -2.26. The summed E-state index contributed by atoms with van der Waals surface area (Å²) in [6, 6.07) is 1.80. The number of hydrogen-bond acceptors (Lipinski definition) is 8. The molecule has 0 radical (unpaired) electrons. The molecule has 8 heteroatoms. The molecule has 2 heterocycles. The highest BCUT2D eigenvalue weighted by Crippen LogP contribution is 2.16. The fourth-order valence-electron chi connectivity index (χ4n) is 1.85. The highest BCUT2D eigenvalue weighted by atomic mass is 32.2. The molecule has 0 bridgehead atoms. The molecular formula is C11H20N6OS. The van der Waals surface area contributed by atoms with E-state index in [0.29, 0.717) is 11.0 Å². The van der Waals surface area contributed by atoms with Crippen molar-refractivity contribution in [1.82, 2.24) is 14.9 Å². The Labute approximate surface area is 117 Å². The van der Waals surface area contributed by atoms with Gasteiger partial charge >= 0.3 is 0 Å². The summed E-state index contributed by atoms with van der Waals surface area (Å²) in [5.41, 5.74) is 2.55. The van der Waals surface area contributed by atoms with Gasteiger partial charge in [-0.3, -0.25) is 4.90 Å². The number of morpholine rings is 1. The molecule has 106 valence electrons. The lowest BCUT2D eigenvalue weighted by Crippen LogP contribution is -2.39. The van der Waals surface area contributed by atoms with Crippen molar-refractivity contribution >= 4 is 23.4 Å². The molecule has 1 saturated heterocycles. The lowest BCUT2D eigenvalue weighted by molar-refractivity contribution is 0.0398. The van der Waals surface area contributed by atoms with Crippen LogP contribution in [0, 0.1) is 0 Å². The van der Waals surface area contributed by atoms with Crippen molar-refractivity contribution in [3.63, 3.8) is 0 Å². The van der Waals surface area contributed by atoms with Gasteiger partial charge in [0.25, 0.3) is 0 Å². The molecular weight excluding hydrogens is 264 g/mol. The zero-order valence-electron chi connectivity index (χ0n) is 11.1. The number of hydrazine groups is 1. The van der Waals surface area contributed by atoms with Gasteiger partial charge in [-0.1, -0.05) is 11.8 Å². The van der Waals surface area contributed by atoms with Crippen molar-refractivity contribution in [3.05, 3.63) is 6.07 Å². The van der Waals surface area contributed by atoms with E-state index in [1.807, 2.05) is 6.26 Å². The number of nitrogens with two attached hydrogens (primary N) is 1. The smallest absolute Gasteiger partial charge is 0.191 e. The van der Waals surface area contributed by atoms with Crippen molar-refractivity contribution in [2.75, 3.05) is 56.4 Å². The van der Waals surface area contributed by atoms with Gasteiger partial charge in [-0.05, 0) is 6.26 Å². The van der Waals surface area contributed by atoms with E-state index in [4.69, 9.17) is 10.6 Å². The van der Waals surface area contributed by atoms with Gasteiger partial charge < -0.3 is 15.5 Å². The number of ether oxygens (including phenoxy) is 1. The van der Waals surface area contributed by atoms with Gasteiger partial charge in [-0.15, -0.1) is 0 Å². The number of nitrogens with one attached hydrogen (secondary N) is 2. The van der Waals surface area contributed by atoms with E-state index >= 15 is 0 Å². The third kappa shape index (κ3) is 4.50. The molecule has 0 aliphatic carbocycles. The van der Waals surface area contributed by atoms with Crippen molar-refractivity contribution in [3.8, 4) is 0 Å². The monoisotopic (exact) mass is 284 g/mol. The summed E-state index contributed by atoms with van der Waals surface area (Å²) in [4.78, 5) is 11.0. The van der Waals surface area contributed by atoms with Gasteiger partial charge in [0.1, 0.15) is 11.6 Å². The highest BCUT2D eigenvalue weighted by Gasteiger charge is 2.09. The Hall–Kier alpha value is -1.09. The summed E-state index contributed by atoms with van der Waals surface area (Å²) < 4.78 is 5.32. The SMILES string of the molecule is CSc1nc(NN)cc(NCCN2CCOCC2)n1. The Morgan fingerprint density at radius 1 is 1.37 bits per heavy atom.